The summed E-state index contributed by atoms with van der Waals surface area (Å²) in [5.74, 6) is -0.822. The van der Waals surface area contributed by atoms with Crippen molar-refractivity contribution >= 4 is 19.8 Å². The number of nitrogens with two attached hydrogens (primary N) is 1. The van der Waals surface area contributed by atoms with Gasteiger partial charge < -0.3 is 20.1 Å². The number of phosphoric acid groups is 1. The predicted molar refractivity (Wildman–Crippen MR) is 326 cm³/mol. The molecule has 0 aromatic heterocycles. The third kappa shape index (κ3) is 60.7. The average Bonchev–Trinajstić information content (AvgIpc) is 3.41. The standard InChI is InChI=1S/C66H120NO8P/c1-3-5-7-9-11-13-15-17-19-21-23-25-27-29-31-32-33-35-37-39-41-43-45-47-49-51-53-55-57-59-66(69)75-64(63-74-76(70,71)73-61-60-67)62-72-65(68)58-56-54-52-50-48-46-44-42-40-38-36-34-30-28-26-24-22-20-18-16-14-12-10-8-6-4-2/h5,7,11,13,17,19,23,25,29,31,33,35,64H,3-4,6,8-10,12,14-16,18,20-22,24,26-28,30,32,34,36-63,67H2,1-2H3,(H,70,71)/b7-5-,13-11-,19-17-,25-23-,31-29-,35-33-. The number of hydrogen-bond donors (Lipinski definition) is 2. The molecule has 0 aliphatic heterocycles. The van der Waals surface area contributed by atoms with Crippen molar-refractivity contribution in [3.8, 4) is 0 Å². The van der Waals surface area contributed by atoms with Crippen molar-refractivity contribution in [2.24, 2.45) is 5.73 Å². The van der Waals surface area contributed by atoms with Crippen LogP contribution in [0.4, 0.5) is 0 Å². The Morgan fingerprint density at radius 2 is 0.724 bits per heavy atom. The molecular formula is C66H120NO8P. The Balaban J connectivity index is 3.93. The van der Waals surface area contributed by atoms with Crippen molar-refractivity contribution < 1.29 is 37.6 Å². The highest BCUT2D eigenvalue weighted by Gasteiger charge is 2.26. The van der Waals surface area contributed by atoms with Crippen molar-refractivity contribution in [3.63, 3.8) is 0 Å². The molecule has 0 spiro atoms. The Morgan fingerprint density at radius 3 is 1.08 bits per heavy atom. The lowest BCUT2D eigenvalue weighted by Gasteiger charge is -2.19. The maximum absolute atomic E-state index is 12.7. The summed E-state index contributed by atoms with van der Waals surface area (Å²) in [5, 5.41) is 0. The Morgan fingerprint density at radius 1 is 0.408 bits per heavy atom. The summed E-state index contributed by atoms with van der Waals surface area (Å²) in [6.45, 7) is 3.67. The quantitative estimate of drug-likeness (QED) is 0.0264. The Bertz CT molecular complexity index is 1470. The predicted octanol–water partition coefficient (Wildman–Crippen LogP) is 20.5. The van der Waals surface area contributed by atoms with Gasteiger partial charge in [0, 0.05) is 19.4 Å². The van der Waals surface area contributed by atoms with Gasteiger partial charge in [-0.25, -0.2) is 4.57 Å². The van der Waals surface area contributed by atoms with Crippen LogP contribution >= 0.6 is 7.82 Å². The third-order valence-electron chi connectivity index (χ3n) is 13.9. The fourth-order valence-electron chi connectivity index (χ4n) is 9.17. The van der Waals surface area contributed by atoms with E-state index in [1.165, 1.54) is 186 Å². The minimum Gasteiger partial charge on any atom is -0.462 e. The second-order valence-electron chi connectivity index (χ2n) is 21.3. The fourth-order valence-corrected chi connectivity index (χ4v) is 9.94. The normalized spacial score (nSPS) is 13.5. The molecule has 0 aromatic carbocycles. The topological polar surface area (TPSA) is 134 Å². The van der Waals surface area contributed by atoms with Gasteiger partial charge in [0.2, 0.25) is 0 Å². The van der Waals surface area contributed by atoms with Crippen molar-refractivity contribution in [2.45, 2.75) is 309 Å². The van der Waals surface area contributed by atoms with E-state index in [9.17, 15) is 19.0 Å². The number of ether oxygens (including phenoxy) is 2. The largest absolute Gasteiger partial charge is 0.472 e. The zero-order valence-electron chi connectivity index (χ0n) is 49.5. The minimum absolute atomic E-state index is 0.0515. The van der Waals surface area contributed by atoms with Gasteiger partial charge in [0.05, 0.1) is 13.2 Å². The minimum atomic E-state index is -4.39. The Labute approximate surface area is 469 Å². The lowest BCUT2D eigenvalue weighted by atomic mass is 10.0. The first-order chi connectivity index (χ1) is 37.3. The molecule has 10 heteroatoms. The molecule has 9 nitrogen and oxygen atoms in total. The molecular weight excluding hydrogens is 966 g/mol. The fraction of sp³-hybridized carbons (Fsp3) is 0.788. The van der Waals surface area contributed by atoms with Crippen LogP contribution in [-0.2, 0) is 32.7 Å². The van der Waals surface area contributed by atoms with Gasteiger partial charge in [0.15, 0.2) is 6.10 Å². The first-order valence-corrected chi connectivity index (χ1v) is 33.4. The molecule has 0 bridgehead atoms. The Hall–Kier alpha value is -2.55. The number of carbonyl (C=O) groups is 2. The molecule has 0 amide bonds. The number of carbonyl (C=O) groups excluding carboxylic acids is 2. The first kappa shape index (κ1) is 73.5. The maximum atomic E-state index is 12.7. The van der Waals surface area contributed by atoms with E-state index in [4.69, 9.17) is 24.3 Å². The van der Waals surface area contributed by atoms with Crippen LogP contribution in [0.25, 0.3) is 0 Å². The lowest BCUT2D eigenvalue weighted by molar-refractivity contribution is -0.161. The molecule has 0 heterocycles. The van der Waals surface area contributed by atoms with Crippen LogP contribution in [0.15, 0.2) is 72.9 Å². The molecule has 0 saturated carbocycles. The number of unbranched alkanes of at least 4 members (excludes halogenated alkanes) is 35. The van der Waals surface area contributed by atoms with E-state index in [0.29, 0.717) is 6.42 Å². The van der Waals surface area contributed by atoms with Gasteiger partial charge in [-0.05, 0) is 64.2 Å². The third-order valence-corrected chi connectivity index (χ3v) is 14.8. The summed E-state index contributed by atoms with van der Waals surface area (Å²) >= 11 is 0. The van der Waals surface area contributed by atoms with Crippen molar-refractivity contribution in [3.05, 3.63) is 72.9 Å². The summed E-state index contributed by atoms with van der Waals surface area (Å²) in [5.41, 5.74) is 5.39. The second-order valence-corrected chi connectivity index (χ2v) is 22.7. The van der Waals surface area contributed by atoms with Crippen LogP contribution in [0.2, 0.25) is 0 Å². The molecule has 0 aromatic rings. The molecule has 0 saturated heterocycles. The molecule has 442 valence electrons. The summed E-state index contributed by atoms with van der Waals surface area (Å²) in [6.07, 6.45) is 79.7. The SMILES string of the molecule is CC/C=C\C/C=C\C/C=C\C/C=C\C/C=C\C/C=C\CCCCCCCCCCCCC(=O)OC(COC(=O)CCCCCCCCCCCCCCCCCCCCCCCCCCCC)COP(=O)(O)OCCN. The van der Waals surface area contributed by atoms with Crippen molar-refractivity contribution in [1.82, 2.24) is 0 Å². The molecule has 76 heavy (non-hydrogen) atoms. The van der Waals surface area contributed by atoms with Crippen LogP contribution in [0.1, 0.15) is 303 Å². The molecule has 0 aliphatic rings. The average molecular weight is 1090 g/mol. The highest BCUT2D eigenvalue weighted by Crippen LogP contribution is 2.43. The molecule has 2 unspecified atom stereocenters. The molecule has 2 atom stereocenters. The highest BCUT2D eigenvalue weighted by atomic mass is 31.2. The zero-order chi connectivity index (χ0) is 55.2. The smallest absolute Gasteiger partial charge is 0.462 e. The highest BCUT2D eigenvalue weighted by molar-refractivity contribution is 7.47. The Kier molecular flexibility index (Phi) is 59.6. The molecule has 0 aliphatic carbocycles. The number of esters is 2. The van der Waals surface area contributed by atoms with Crippen molar-refractivity contribution in [1.29, 1.82) is 0 Å². The molecule has 3 N–H and O–H groups in total. The van der Waals surface area contributed by atoms with E-state index in [-0.39, 0.29) is 38.6 Å². The number of allylic oxidation sites excluding steroid dienone is 12. The van der Waals surface area contributed by atoms with E-state index >= 15 is 0 Å². The first-order valence-electron chi connectivity index (χ1n) is 31.9. The van der Waals surface area contributed by atoms with Gasteiger partial charge in [-0.2, -0.15) is 0 Å². The van der Waals surface area contributed by atoms with Crippen LogP contribution < -0.4 is 5.73 Å². The molecule has 0 radical (unpaired) electrons. The van der Waals surface area contributed by atoms with E-state index in [1.807, 2.05) is 0 Å². The summed E-state index contributed by atoms with van der Waals surface area (Å²) in [4.78, 5) is 35.3. The van der Waals surface area contributed by atoms with Gasteiger partial charge in [0.25, 0.3) is 0 Å². The van der Waals surface area contributed by atoms with E-state index in [0.717, 1.165) is 83.5 Å². The summed E-state index contributed by atoms with van der Waals surface area (Å²) in [7, 11) is -4.39. The number of rotatable bonds is 60. The second kappa shape index (κ2) is 61.7. The lowest BCUT2D eigenvalue weighted by Crippen LogP contribution is -2.29. The van der Waals surface area contributed by atoms with Gasteiger partial charge in [-0.15, -0.1) is 0 Å². The van der Waals surface area contributed by atoms with Gasteiger partial charge in [0.1, 0.15) is 6.61 Å². The maximum Gasteiger partial charge on any atom is 0.472 e. The van der Waals surface area contributed by atoms with Crippen molar-refractivity contribution in [2.75, 3.05) is 26.4 Å². The zero-order valence-corrected chi connectivity index (χ0v) is 50.4. The van der Waals surface area contributed by atoms with Gasteiger partial charge in [-0.3, -0.25) is 18.6 Å². The van der Waals surface area contributed by atoms with Crippen LogP contribution in [0, 0.1) is 0 Å². The summed E-state index contributed by atoms with van der Waals surface area (Å²) in [6, 6.07) is 0. The molecule has 0 fully saturated rings. The van der Waals surface area contributed by atoms with E-state index in [1.54, 1.807) is 0 Å². The monoisotopic (exact) mass is 1090 g/mol. The van der Waals surface area contributed by atoms with Gasteiger partial charge in [-0.1, -0.05) is 299 Å². The van der Waals surface area contributed by atoms with Crippen LogP contribution in [-0.4, -0.2) is 49.3 Å². The van der Waals surface area contributed by atoms with Crippen LogP contribution in [0.5, 0.6) is 0 Å². The molecule has 0 rings (SSSR count). The summed E-state index contributed by atoms with van der Waals surface area (Å²) < 4.78 is 33.1. The van der Waals surface area contributed by atoms with E-state index in [2.05, 4.69) is 86.8 Å². The van der Waals surface area contributed by atoms with Gasteiger partial charge >= 0.3 is 19.8 Å². The number of phosphoric ester groups is 1. The number of hydrogen-bond acceptors (Lipinski definition) is 8. The van der Waals surface area contributed by atoms with Crippen LogP contribution in [0.3, 0.4) is 0 Å². The van der Waals surface area contributed by atoms with E-state index < -0.39 is 26.5 Å².